The Balaban J connectivity index is 1.78. The van der Waals surface area contributed by atoms with Crippen LogP contribution in [0, 0.1) is 5.92 Å². The highest BCUT2D eigenvalue weighted by atomic mass is 35.5. The van der Waals surface area contributed by atoms with E-state index in [0.717, 1.165) is 18.8 Å². The first-order valence-corrected chi connectivity index (χ1v) is 8.32. The van der Waals surface area contributed by atoms with Gasteiger partial charge in [-0.15, -0.1) is 0 Å². The van der Waals surface area contributed by atoms with Crippen molar-refractivity contribution in [3.63, 3.8) is 0 Å². The van der Waals surface area contributed by atoms with Crippen LogP contribution in [0.1, 0.15) is 37.0 Å². The average Bonchev–Trinajstić information content (AvgIpc) is 3.07. The fourth-order valence-electron chi connectivity index (χ4n) is 3.33. The zero-order valence-electron chi connectivity index (χ0n) is 13.2. The average molecular weight is 323 g/mol. The molecule has 2 aliphatic heterocycles. The van der Waals surface area contributed by atoms with Gasteiger partial charge in [-0.25, -0.2) is 0 Å². The topological polar surface area (TPSA) is 43.8 Å². The summed E-state index contributed by atoms with van der Waals surface area (Å²) >= 11 is 6.38. The Kier molecular flexibility index (Phi) is 4.08. The summed E-state index contributed by atoms with van der Waals surface area (Å²) in [5, 5.41) is 10.9. The smallest absolute Gasteiger partial charge is 0.254 e. The molecule has 0 spiro atoms. The van der Waals surface area contributed by atoms with E-state index in [1.54, 1.807) is 17.9 Å². The molecule has 2 saturated heterocycles. The van der Waals surface area contributed by atoms with Crippen molar-refractivity contribution in [2.45, 2.75) is 32.3 Å². The number of hydrogen-bond acceptors (Lipinski definition) is 3. The Hall–Kier alpha value is -1.26. The molecule has 2 aliphatic rings. The molecule has 1 N–H and O–H groups in total. The van der Waals surface area contributed by atoms with Gasteiger partial charge in [0.25, 0.3) is 5.91 Å². The van der Waals surface area contributed by atoms with Crippen molar-refractivity contribution in [3.05, 3.63) is 28.8 Å². The molecule has 5 heteroatoms. The zero-order chi connectivity index (χ0) is 15.9. The van der Waals surface area contributed by atoms with Gasteiger partial charge >= 0.3 is 0 Å². The summed E-state index contributed by atoms with van der Waals surface area (Å²) in [6, 6.07) is 5.55. The Morgan fingerprint density at radius 1 is 1.36 bits per heavy atom. The van der Waals surface area contributed by atoms with Crippen LogP contribution in [0.2, 0.25) is 5.02 Å². The molecule has 0 aliphatic carbocycles. The number of amides is 1. The van der Waals surface area contributed by atoms with E-state index in [0.29, 0.717) is 23.7 Å². The maximum absolute atomic E-state index is 12.6. The highest BCUT2D eigenvalue weighted by Crippen LogP contribution is 2.32. The molecule has 1 aromatic rings. The van der Waals surface area contributed by atoms with Crippen molar-refractivity contribution in [2.24, 2.45) is 5.92 Å². The maximum atomic E-state index is 12.6. The third-order valence-corrected chi connectivity index (χ3v) is 5.30. The highest BCUT2D eigenvalue weighted by Gasteiger charge is 2.40. The number of carbonyl (C=O) groups is 1. The maximum Gasteiger partial charge on any atom is 0.254 e. The van der Waals surface area contributed by atoms with Crippen LogP contribution in [0.3, 0.4) is 0 Å². The molecule has 1 aromatic carbocycles. The number of aliphatic hydroxyl groups is 1. The van der Waals surface area contributed by atoms with Gasteiger partial charge in [0, 0.05) is 37.7 Å². The number of carbonyl (C=O) groups excluding carboxylic acids is 1. The molecule has 2 atom stereocenters. The summed E-state index contributed by atoms with van der Waals surface area (Å²) in [5.41, 5.74) is 0.796. The van der Waals surface area contributed by atoms with Crippen LogP contribution in [0.5, 0.6) is 0 Å². The monoisotopic (exact) mass is 322 g/mol. The Morgan fingerprint density at radius 3 is 2.59 bits per heavy atom. The van der Waals surface area contributed by atoms with E-state index in [1.165, 1.54) is 12.8 Å². The molecule has 0 saturated carbocycles. The third-order valence-electron chi connectivity index (χ3n) is 5.00. The van der Waals surface area contributed by atoms with Crippen LogP contribution in [-0.4, -0.2) is 47.7 Å². The van der Waals surface area contributed by atoms with E-state index < -0.39 is 5.60 Å². The lowest BCUT2D eigenvalue weighted by Gasteiger charge is -2.22. The summed E-state index contributed by atoms with van der Waals surface area (Å²) in [6.45, 7) is 6.76. The minimum absolute atomic E-state index is 0.0560. The van der Waals surface area contributed by atoms with E-state index in [9.17, 15) is 9.90 Å². The van der Waals surface area contributed by atoms with Gasteiger partial charge in [0.15, 0.2) is 0 Å². The van der Waals surface area contributed by atoms with Crippen molar-refractivity contribution in [1.29, 1.82) is 0 Å². The molecule has 2 unspecified atom stereocenters. The molecular formula is C17H23ClN2O2. The number of benzene rings is 1. The third kappa shape index (κ3) is 2.82. The van der Waals surface area contributed by atoms with E-state index in [4.69, 9.17) is 11.6 Å². The summed E-state index contributed by atoms with van der Waals surface area (Å²) in [6.07, 6.45) is 2.38. The molecule has 4 nitrogen and oxygen atoms in total. The van der Waals surface area contributed by atoms with Crippen LogP contribution in [0.4, 0.5) is 5.69 Å². The fraction of sp³-hybridized carbons (Fsp3) is 0.588. The largest absolute Gasteiger partial charge is 0.388 e. The summed E-state index contributed by atoms with van der Waals surface area (Å²) in [5.74, 6) is 0.0234. The summed E-state index contributed by atoms with van der Waals surface area (Å²) < 4.78 is 0. The first-order valence-electron chi connectivity index (χ1n) is 7.94. The Bertz CT molecular complexity index is 582. The van der Waals surface area contributed by atoms with Crippen LogP contribution in [0.15, 0.2) is 18.2 Å². The van der Waals surface area contributed by atoms with Gasteiger partial charge in [-0.1, -0.05) is 18.5 Å². The van der Waals surface area contributed by atoms with Gasteiger partial charge < -0.3 is 14.9 Å². The van der Waals surface area contributed by atoms with Crippen LogP contribution >= 0.6 is 11.6 Å². The van der Waals surface area contributed by atoms with Crippen LogP contribution < -0.4 is 4.90 Å². The normalized spacial score (nSPS) is 28.5. The van der Waals surface area contributed by atoms with Crippen molar-refractivity contribution < 1.29 is 9.90 Å². The summed E-state index contributed by atoms with van der Waals surface area (Å²) in [4.78, 5) is 16.6. The minimum Gasteiger partial charge on any atom is -0.388 e. The number of nitrogens with zero attached hydrogens (tertiary/aromatic N) is 2. The van der Waals surface area contributed by atoms with Crippen molar-refractivity contribution in [3.8, 4) is 0 Å². The standard InChI is InChI=1S/C17H23ClN2O2/c1-12-10-20(11-17(12,2)22)16(21)13-5-6-15(14(18)9-13)19-7-3-4-8-19/h5-6,9,12,22H,3-4,7-8,10-11H2,1-2H3. The second-order valence-corrected chi connectivity index (χ2v) is 7.21. The van der Waals surface area contributed by atoms with Crippen molar-refractivity contribution in [2.75, 3.05) is 31.1 Å². The first kappa shape index (κ1) is 15.6. The lowest BCUT2D eigenvalue weighted by molar-refractivity contribution is 0.0351. The number of halogens is 1. The van der Waals surface area contributed by atoms with E-state index in [2.05, 4.69) is 4.90 Å². The molecule has 120 valence electrons. The minimum atomic E-state index is -0.811. The molecular weight excluding hydrogens is 300 g/mol. The second kappa shape index (κ2) is 5.74. The van der Waals surface area contributed by atoms with Gasteiger partial charge in [-0.3, -0.25) is 4.79 Å². The van der Waals surface area contributed by atoms with Crippen LogP contribution in [0.25, 0.3) is 0 Å². The SMILES string of the molecule is CC1CN(C(=O)c2ccc(N3CCCC3)c(Cl)c2)CC1(C)O. The lowest BCUT2D eigenvalue weighted by atomic mass is 9.95. The predicted molar refractivity (Wildman–Crippen MR) is 88.6 cm³/mol. The van der Waals surface area contributed by atoms with Gasteiger partial charge in [0.2, 0.25) is 0 Å². The van der Waals surface area contributed by atoms with E-state index in [1.807, 2.05) is 19.1 Å². The quantitative estimate of drug-likeness (QED) is 0.910. The molecule has 2 heterocycles. The number of β-amino-alcohol motifs (C(OH)–C–C–N with tert-alkyl or cyclic N) is 1. The number of likely N-dealkylation sites (tertiary alicyclic amines) is 1. The number of rotatable bonds is 2. The van der Waals surface area contributed by atoms with Crippen LogP contribution in [-0.2, 0) is 0 Å². The van der Waals surface area contributed by atoms with Gasteiger partial charge in [-0.05, 0) is 38.0 Å². The molecule has 22 heavy (non-hydrogen) atoms. The van der Waals surface area contributed by atoms with Crippen molar-refractivity contribution in [1.82, 2.24) is 4.90 Å². The lowest BCUT2D eigenvalue weighted by Crippen LogP contribution is -2.35. The van der Waals surface area contributed by atoms with Gasteiger partial charge in [-0.2, -0.15) is 0 Å². The molecule has 2 fully saturated rings. The zero-order valence-corrected chi connectivity index (χ0v) is 13.9. The predicted octanol–water partition coefficient (Wildman–Crippen LogP) is 2.78. The summed E-state index contributed by atoms with van der Waals surface area (Å²) in [7, 11) is 0. The van der Waals surface area contributed by atoms with Gasteiger partial charge in [0.05, 0.1) is 16.3 Å². The molecule has 1 amide bonds. The fourth-order valence-corrected chi connectivity index (χ4v) is 3.63. The molecule has 0 bridgehead atoms. The number of anilines is 1. The highest BCUT2D eigenvalue weighted by molar-refractivity contribution is 6.33. The molecule has 0 aromatic heterocycles. The second-order valence-electron chi connectivity index (χ2n) is 6.80. The first-order chi connectivity index (χ1) is 10.4. The van der Waals surface area contributed by atoms with E-state index in [-0.39, 0.29) is 11.8 Å². The Labute approximate surface area is 136 Å². The Morgan fingerprint density at radius 2 is 2.05 bits per heavy atom. The van der Waals surface area contributed by atoms with E-state index >= 15 is 0 Å². The van der Waals surface area contributed by atoms with Crippen molar-refractivity contribution >= 4 is 23.2 Å². The number of hydrogen-bond donors (Lipinski definition) is 1. The molecule has 3 rings (SSSR count). The molecule has 0 radical (unpaired) electrons. The van der Waals surface area contributed by atoms with Gasteiger partial charge in [0.1, 0.15) is 0 Å².